The Kier molecular flexibility index (Phi) is 3.53. The third-order valence-corrected chi connectivity index (χ3v) is 3.45. The molecular formula is C15H14N4O3. The summed E-state index contributed by atoms with van der Waals surface area (Å²) in [6.07, 6.45) is 0.254. The topological polar surface area (TPSA) is 87.5 Å². The molecule has 1 aliphatic heterocycles. The molecular weight excluding hydrogens is 284 g/mol. The van der Waals surface area contributed by atoms with Gasteiger partial charge in [0.1, 0.15) is 6.61 Å². The Labute approximate surface area is 126 Å². The summed E-state index contributed by atoms with van der Waals surface area (Å²) in [5.74, 6) is 5.68. The van der Waals surface area contributed by atoms with E-state index < -0.39 is 6.03 Å². The van der Waals surface area contributed by atoms with Gasteiger partial charge in [-0.2, -0.15) is 5.10 Å². The highest BCUT2D eigenvalue weighted by Gasteiger charge is 2.27. The van der Waals surface area contributed by atoms with Gasteiger partial charge in [0, 0.05) is 31.0 Å². The average molecular weight is 298 g/mol. The zero-order valence-corrected chi connectivity index (χ0v) is 12.0. The summed E-state index contributed by atoms with van der Waals surface area (Å²) in [5.41, 5.74) is 1.58. The second kappa shape index (κ2) is 5.50. The molecule has 0 bridgehead atoms. The summed E-state index contributed by atoms with van der Waals surface area (Å²) in [4.78, 5) is 24.7. The van der Waals surface area contributed by atoms with Crippen LogP contribution < -0.4 is 10.2 Å². The number of aliphatic hydroxyl groups is 1. The molecule has 7 heteroatoms. The van der Waals surface area contributed by atoms with E-state index in [2.05, 4.69) is 22.3 Å². The van der Waals surface area contributed by atoms with Gasteiger partial charge in [-0.25, -0.2) is 4.79 Å². The summed E-state index contributed by atoms with van der Waals surface area (Å²) in [5, 5.41) is 16.2. The van der Waals surface area contributed by atoms with Crippen LogP contribution in [0.15, 0.2) is 18.2 Å². The molecule has 0 spiro atoms. The summed E-state index contributed by atoms with van der Waals surface area (Å²) >= 11 is 0. The van der Waals surface area contributed by atoms with Crippen molar-refractivity contribution in [3.05, 3.63) is 23.8 Å². The lowest BCUT2D eigenvalue weighted by molar-refractivity contribution is -0.120. The van der Waals surface area contributed by atoms with E-state index in [1.165, 1.54) is 4.90 Å². The molecule has 0 atom stereocenters. The number of carbonyl (C=O) groups is 2. The van der Waals surface area contributed by atoms with Crippen molar-refractivity contribution in [3.8, 4) is 11.8 Å². The minimum Gasteiger partial charge on any atom is -0.384 e. The monoisotopic (exact) mass is 298 g/mol. The van der Waals surface area contributed by atoms with Crippen molar-refractivity contribution < 1.29 is 14.7 Å². The maximum absolute atomic E-state index is 12.0. The lowest BCUT2D eigenvalue weighted by Gasteiger charge is -2.24. The van der Waals surface area contributed by atoms with E-state index in [1.54, 1.807) is 11.7 Å². The van der Waals surface area contributed by atoms with Gasteiger partial charge in [0.25, 0.3) is 0 Å². The molecule has 0 unspecified atom stereocenters. The quantitative estimate of drug-likeness (QED) is 0.744. The van der Waals surface area contributed by atoms with E-state index in [-0.39, 0.29) is 18.9 Å². The SMILES string of the molecule is Cn1nc(N2CCC(=O)NC2=O)c2ccc(C#CCO)cc21. The van der Waals surface area contributed by atoms with Crippen molar-refractivity contribution in [3.63, 3.8) is 0 Å². The Morgan fingerprint density at radius 1 is 1.41 bits per heavy atom. The lowest BCUT2D eigenvalue weighted by atomic mass is 10.1. The maximum Gasteiger partial charge on any atom is 0.329 e. The van der Waals surface area contributed by atoms with Crippen LogP contribution in [-0.2, 0) is 11.8 Å². The number of anilines is 1. The average Bonchev–Trinajstić information content (AvgIpc) is 2.82. The number of aryl methyl sites for hydroxylation is 1. The summed E-state index contributed by atoms with van der Waals surface area (Å²) in [6.45, 7) is 0.111. The van der Waals surface area contributed by atoms with Crippen molar-refractivity contribution in [2.24, 2.45) is 7.05 Å². The highest BCUT2D eigenvalue weighted by atomic mass is 16.2. The molecule has 1 saturated heterocycles. The smallest absolute Gasteiger partial charge is 0.329 e. The van der Waals surface area contributed by atoms with Crippen molar-refractivity contribution in [1.82, 2.24) is 15.1 Å². The molecule has 1 fully saturated rings. The number of benzene rings is 1. The predicted octanol–water partition coefficient (Wildman–Crippen LogP) is 0.363. The Balaban J connectivity index is 2.04. The van der Waals surface area contributed by atoms with Crippen LogP contribution in [0.3, 0.4) is 0 Å². The molecule has 0 radical (unpaired) electrons. The molecule has 0 saturated carbocycles. The van der Waals surface area contributed by atoms with Crippen LogP contribution in [0.4, 0.5) is 10.6 Å². The first-order chi connectivity index (χ1) is 10.6. The van der Waals surface area contributed by atoms with Gasteiger partial charge in [-0.3, -0.25) is 19.7 Å². The fourth-order valence-corrected chi connectivity index (χ4v) is 2.42. The fraction of sp³-hybridized carbons (Fsp3) is 0.267. The first kappa shape index (κ1) is 14.1. The molecule has 7 nitrogen and oxygen atoms in total. The summed E-state index contributed by atoms with van der Waals surface area (Å²) in [6, 6.07) is 5.04. The lowest BCUT2D eigenvalue weighted by Crippen LogP contribution is -2.49. The van der Waals surface area contributed by atoms with Gasteiger partial charge in [0.15, 0.2) is 5.82 Å². The number of hydrogen-bond donors (Lipinski definition) is 2. The van der Waals surface area contributed by atoms with Gasteiger partial charge in [0.05, 0.1) is 5.52 Å². The number of aromatic nitrogens is 2. The summed E-state index contributed by atoms with van der Waals surface area (Å²) < 4.78 is 1.67. The number of fused-ring (bicyclic) bond motifs is 1. The van der Waals surface area contributed by atoms with Crippen molar-refractivity contribution >= 4 is 28.7 Å². The van der Waals surface area contributed by atoms with Crippen LogP contribution in [0.25, 0.3) is 10.9 Å². The number of rotatable bonds is 1. The second-order valence-corrected chi connectivity index (χ2v) is 4.89. The van der Waals surface area contributed by atoms with Crippen LogP contribution in [0, 0.1) is 11.8 Å². The maximum atomic E-state index is 12.0. The fourth-order valence-electron chi connectivity index (χ4n) is 2.42. The third-order valence-electron chi connectivity index (χ3n) is 3.45. The summed E-state index contributed by atoms with van der Waals surface area (Å²) in [7, 11) is 1.78. The van der Waals surface area contributed by atoms with Gasteiger partial charge >= 0.3 is 6.03 Å². The third kappa shape index (κ3) is 2.40. The molecule has 3 amide bonds. The van der Waals surface area contributed by atoms with Crippen molar-refractivity contribution in [2.75, 3.05) is 18.1 Å². The Bertz CT molecular complexity index is 828. The second-order valence-electron chi connectivity index (χ2n) is 4.89. The molecule has 1 aromatic heterocycles. The van der Waals surface area contributed by atoms with Gasteiger partial charge in [-0.15, -0.1) is 0 Å². The molecule has 22 heavy (non-hydrogen) atoms. The van der Waals surface area contributed by atoms with Crippen molar-refractivity contribution in [2.45, 2.75) is 6.42 Å². The Morgan fingerprint density at radius 3 is 2.95 bits per heavy atom. The van der Waals surface area contributed by atoms with Crippen LogP contribution in [0.2, 0.25) is 0 Å². The van der Waals surface area contributed by atoms with Crippen LogP contribution in [0.1, 0.15) is 12.0 Å². The van der Waals surface area contributed by atoms with Gasteiger partial charge in [-0.05, 0) is 18.2 Å². The van der Waals surface area contributed by atoms with E-state index in [0.717, 1.165) is 16.5 Å². The van der Waals surface area contributed by atoms with Gasteiger partial charge in [0.2, 0.25) is 5.91 Å². The van der Waals surface area contributed by atoms with E-state index in [1.807, 2.05) is 18.2 Å². The molecule has 3 rings (SSSR count). The number of hydrogen-bond acceptors (Lipinski definition) is 4. The number of amides is 3. The normalized spacial score (nSPS) is 14.7. The highest BCUT2D eigenvalue weighted by molar-refractivity contribution is 6.08. The van der Waals surface area contributed by atoms with E-state index in [0.29, 0.717) is 12.4 Å². The predicted molar refractivity (Wildman–Crippen MR) is 80.2 cm³/mol. The highest BCUT2D eigenvalue weighted by Crippen LogP contribution is 2.27. The molecule has 0 aliphatic carbocycles. The van der Waals surface area contributed by atoms with Crippen LogP contribution in [0.5, 0.6) is 0 Å². The zero-order chi connectivity index (χ0) is 15.7. The first-order valence-electron chi connectivity index (χ1n) is 6.78. The van der Waals surface area contributed by atoms with Gasteiger partial charge in [-0.1, -0.05) is 11.8 Å². The number of nitrogens with one attached hydrogen (secondary N) is 1. The molecule has 1 aromatic carbocycles. The molecule has 1 aliphatic rings. The number of imide groups is 1. The molecule has 2 aromatic rings. The molecule has 2 heterocycles. The largest absolute Gasteiger partial charge is 0.384 e. The van der Waals surface area contributed by atoms with Crippen molar-refractivity contribution in [1.29, 1.82) is 0 Å². The number of urea groups is 1. The Morgan fingerprint density at radius 2 is 2.23 bits per heavy atom. The number of carbonyl (C=O) groups excluding carboxylic acids is 2. The first-order valence-corrected chi connectivity index (χ1v) is 6.78. The van der Waals surface area contributed by atoms with Crippen LogP contribution in [-0.4, -0.2) is 40.0 Å². The van der Waals surface area contributed by atoms with E-state index >= 15 is 0 Å². The number of aliphatic hydroxyl groups excluding tert-OH is 1. The molecule has 2 N–H and O–H groups in total. The Hall–Kier alpha value is -2.85. The minimum absolute atomic E-state index is 0.198. The number of nitrogens with zero attached hydrogens (tertiary/aromatic N) is 3. The van der Waals surface area contributed by atoms with E-state index in [4.69, 9.17) is 5.11 Å². The zero-order valence-electron chi connectivity index (χ0n) is 12.0. The minimum atomic E-state index is -0.458. The van der Waals surface area contributed by atoms with Crippen LogP contribution >= 0.6 is 0 Å². The van der Waals surface area contributed by atoms with Gasteiger partial charge < -0.3 is 5.11 Å². The van der Waals surface area contributed by atoms with E-state index in [9.17, 15) is 9.59 Å². The molecule has 112 valence electrons. The standard InChI is InChI=1S/C15H14N4O3/c1-18-12-9-10(3-2-8-20)4-5-11(12)14(17-18)19-7-6-13(21)16-15(19)22/h4-5,9,20H,6-8H2,1H3,(H,16,21,22).